The van der Waals surface area contributed by atoms with E-state index < -0.39 is 5.60 Å². The van der Waals surface area contributed by atoms with Crippen LogP contribution in [0, 0.1) is 5.92 Å². The molecule has 1 heterocycles. The summed E-state index contributed by atoms with van der Waals surface area (Å²) in [5.41, 5.74) is 0.532. The Hall–Kier alpha value is -2.04. The van der Waals surface area contributed by atoms with Crippen LogP contribution in [-0.2, 0) is 20.9 Å². The van der Waals surface area contributed by atoms with Crippen LogP contribution in [-0.4, -0.2) is 35.7 Å². The first-order valence-corrected chi connectivity index (χ1v) is 8.51. The van der Waals surface area contributed by atoms with E-state index in [1.807, 2.05) is 51.1 Å². The molecule has 1 aromatic carbocycles. The van der Waals surface area contributed by atoms with Crippen molar-refractivity contribution < 1.29 is 19.1 Å². The fraction of sp³-hybridized carbons (Fsp3) is 0.579. The number of carbonyl (C=O) groups is 2. The molecule has 1 fully saturated rings. The van der Waals surface area contributed by atoms with Crippen LogP contribution >= 0.6 is 0 Å². The molecule has 5 heteroatoms. The highest BCUT2D eigenvalue weighted by Crippen LogP contribution is 2.23. The van der Waals surface area contributed by atoms with Crippen LogP contribution < -0.4 is 0 Å². The number of likely N-dealkylation sites (tertiary alicyclic amines) is 1. The average molecular weight is 333 g/mol. The van der Waals surface area contributed by atoms with Crippen molar-refractivity contribution in [2.75, 3.05) is 13.1 Å². The van der Waals surface area contributed by atoms with Gasteiger partial charge in [0.25, 0.3) is 0 Å². The van der Waals surface area contributed by atoms with E-state index in [1.54, 1.807) is 4.90 Å². The molecule has 1 saturated heterocycles. The molecule has 2 rings (SSSR count). The summed E-state index contributed by atoms with van der Waals surface area (Å²) in [5, 5.41) is 0. The summed E-state index contributed by atoms with van der Waals surface area (Å²) < 4.78 is 10.7. The summed E-state index contributed by atoms with van der Waals surface area (Å²) in [5.74, 6) is 0.116. The Labute approximate surface area is 143 Å². The maximum Gasteiger partial charge on any atom is 0.410 e. The molecule has 0 radical (unpaired) electrons. The summed E-state index contributed by atoms with van der Waals surface area (Å²) in [4.78, 5) is 25.7. The topological polar surface area (TPSA) is 55.8 Å². The van der Waals surface area contributed by atoms with Gasteiger partial charge in [-0.15, -0.1) is 0 Å². The van der Waals surface area contributed by atoms with Gasteiger partial charge in [0.05, 0.1) is 0 Å². The molecule has 0 unspecified atom stereocenters. The van der Waals surface area contributed by atoms with E-state index >= 15 is 0 Å². The number of piperidine rings is 1. The van der Waals surface area contributed by atoms with Crippen molar-refractivity contribution in [3.8, 4) is 0 Å². The molecule has 0 saturated carbocycles. The van der Waals surface area contributed by atoms with Crippen LogP contribution in [0.4, 0.5) is 4.79 Å². The summed E-state index contributed by atoms with van der Waals surface area (Å²) in [6.45, 7) is 7.16. The van der Waals surface area contributed by atoms with E-state index in [-0.39, 0.29) is 24.6 Å². The predicted molar refractivity (Wildman–Crippen MR) is 91.4 cm³/mol. The SMILES string of the molecule is CC(C)(C)OC(=O)CC1CCN(C(=O)OCc2ccccc2)CC1. The van der Waals surface area contributed by atoms with E-state index in [0.717, 1.165) is 18.4 Å². The zero-order valence-corrected chi connectivity index (χ0v) is 14.8. The van der Waals surface area contributed by atoms with Crippen molar-refractivity contribution in [2.45, 2.75) is 52.2 Å². The number of hydrogen-bond donors (Lipinski definition) is 0. The average Bonchev–Trinajstić information content (AvgIpc) is 2.52. The maximum absolute atomic E-state index is 12.1. The Morgan fingerprint density at radius 1 is 1.12 bits per heavy atom. The van der Waals surface area contributed by atoms with Gasteiger partial charge < -0.3 is 14.4 Å². The number of amides is 1. The minimum atomic E-state index is -0.445. The van der Waals surface area contributed by atoms with Gasteiger partial charge in [-0.25, -0.2) is 4.79 Å². The van der Waals surface area contributed by atoms with E-state index in [1.165, 1.54) is 0 Å². The summed E-state index contributed by atoms with van der Waals surface area (Å²) in [7, 11) is 0. The van der Waals surface area contributed by atoms with Gasteiger partial charge in [-0.2, -0.15) is 0 Å². The van der Waals surface area contributed by atoms with Gasteiger partial charge in [0.15, 0.2) is 0 Å². The number of ether oxygens (including phenoxy) is 2. The second-order valence-corrected chi connectivity index (χ2v) is 7.26. The van der Waals surface area contributed by atoms with Crippen molar-refractivity contribution in [1.82, 2.24) is 4.90 Å². The third-order valence-corrected chi connectivity index (χ3v) is 3.95. The fourth-order valence-corrected chi connectivity index (χ4v) is 2.75. The van der Waals surface area contributed by atoms with E-state index in [0.29, 0.717) is 19.5 Å². The van der Waals surface area contributed by atoms with Gasteiger partial charge in [0, 0.05) is 19.5 Å². The molecule has 1 aromatic rings. The lowest BCUT2D eigenvalue weighted by atomic mass is 9.94. The molecule has 1 amide bonds. The first kappa shape index (κ1) is 18.3. The van der Waals surface area contributed by atoms with Crippen molar-refractivity contribution in [3.63, 3.8) is 0 Å². The maximum atomic E-state index is 12.1. The minimum Gasteiger partial charge on any atom is -0.460 e. The molecule has 0 atom stereocenters. The van der Waals surface area contributed by atoms with Gasteiger partial charge in [0.2, 0.25) is 0 Å². The van der Waals surface area contributed by atoms with Crippen molar-refractivity contribution in [3.05, 3.63) is 35.9 Å². The first-order valence-electron chi connectivity index (χ1n) is 8.51. The van der Waals surface area contributed by atoms with Crippen molar-refractivity contribution >= 4 is 12.1 Å². The van der Waals surface area contributed by atoms with Gasteiger partial charge in [-0.05, 0) is 45.1 Å². The second-order valence-electron chi connectivity index (χ2n) is 7.26. The number of nitrogens with zero attached hydrogens (tertiary/aromatic N) is 1. The van der Waals surface area contributed by atoms with Crippen LogP contribution in [0.15, 0.2) is 30.3 Å². The highest BCUT2D eigenvalue weighted by molar-refractivity contribution is 5.70. The Balaban J connectivity index is 1.70. The molecule has 5 nitrogen and oxygen atoms in total. The van der Waals surface area contributed by atoms with E-state index in [4.69, 9.17) is 9.47 Å². The summed E-state index contributed by atoms with van der Waals surface area (Å²) in [6, 6.07) is 9.64. The van der Waals surface area contributed by atoms with Crippen LogP contribution in [0.25, 0.3) is 0 Å². The van der Waals surface area contributed by atoms with Gasteiger partial charge in [0.1, 0.15) is 12.2 Å². The predicted octanol–water partition coefficient (Wildman–Crippen LogP) is 3.77. The van der Waals surface area contributed by atoms with Crippen molar-refractivity contribution in [2.24, 2.45) is 5.92 Å². The highest BCUT2D eigenvalue weighted by Gasteiger charge is 2.27. The second kappa shape index (κ2) is 8.18. The smallest absolute Gasteiger partial charge is 0.410 e. The molecular weight excluding hydrogens is 306 g/mol. The van der Waals surface area contributed by atoms with Gasteiger partial charge in [-0.3, -0.25) is 4.79 Å². The van der Waals surface area contributed by atoms with Crippen LogP contribution in [0.3, 0.4) is 0 Å². The zero-order chi connectivity index (χ0) is 17.6. The van der Waals surface area contributed by atoms with Crippen molar-refractivity contribution in [1.29, 1.82) is 0 Å². The Kier molecular flexibility index (Phi) is 6.23. The lowest BCUT2D eigenvalue weighted by Crippen LogP contribution is -2.39. The first-order chi connectivity index (χ1) is 11.3. The lowest BCUT2D eigenvalue weighted by Gasteiger charge is -2.31. The van der Waals surface area contributed by atoms with Crippen LogP contribution in [0.5, 0.6) is 0 Å². The monoisotopic (exact) mass is 333 g/mol. The normalized spacial score (nSPS) is 15.9. The third-order valence-electron chi connectivity index (χ3n) is 3.95. The molecule has 1 aliphatic rings. The van der Waals surface area contributed by atoms with Crippen LogP contribution in [0.2, 0.25) is 0 Å². The summed E-state index contributed by atoms with van der Waals surface area (Å²) in [6.07, 6.45) is 1.75. The molecule has 0 spiro atoms. The number of esters is 1. The highest BCUT2D eigenvalue weighted by atomic mass is 16.6. The molecule has 1 aliphatic heterocycles. The zero-order valence-electron chi connectivity index (χ0n) is 14.8. The quantitative estimate of drug-likeness (QED) is 0.787. The molecule has 0 N–H and O–H groups in total. The van der Waals surface area contributed by atoms with Crippen LogP contribution in [0.1, 0.15) is 45.6 Å². The number of hydrogen-bond acceptors (Lipinski definition) is 4. The third kappa shape index (κ3) is 6.22. The fourth-order valence-electron chi connectivity index (χ4n) is 2.75. The molecule has 0 bridgehead atoms. The minimum absolute atomic E-state index is 0.160. The lowest BCUT2D eigenvalue weighted by molar-refractivity contribution is -0.156. The molecule has 0 aromatic heterocycles. The van der Waals surface area contributed by atoms with Gasteiger partial charge in [-0.1, -0.05) is 30.3 Å². The molecule has 132 valence electrons. The number of rotatable bonds is 4. The van der Waals surface area contributed by atoms with E-state index in [2.05, 4.69) is 0 Å². The number of carbonyl (C=O) groups excluding carboxylic acids is 2. The van der Waals surface area contributed by atoms with E-state index in [9.17, 15) is 9.59 Å². The Bertz CT molecular complexity index is 542. The molecular formula is C19H27NO4. The molecule has 0 aliphatic carbocycles. The standard InChI is InChI=1S/C19H27NO4/c1-19(2,3)24-17(21)13-15-9-11-20(12-10-15)18(22)23-14-16-7-5-4-6-8-16/h4-8,15H,9-14H2,1-3H3. The Morgan fingerprint density at radius 3 is 2.33 bits per heavy atom. The summed E-state index contributed by atoms with van der Waals surface area (Å²) >= 11 is 0. The molecule has 24 heavy (non-hydrogen) atoms. The largest absolute Gasteiger partial charge is 0.460 e. The number of benzene rings is 1. The Morgan fingerprint density at radius 2 is 1.75 bits per heavy atom. The van der Waals surface area contributed by atoms with Gasteiger partial charge >= 0.3 is 12.1 Å².